The standard InChI is InChI=1S/C21H26N2O12S2/c1-2-10(33-16(25)8-12-11-5-3-4-6-13(11)22-20(12)29)7-15(23-35-37(30,31)32)36-21-19(28)18(27)17(26)14(9-24)34-21/h2-6,10,12,14,17-19,21,24,26-28H,1,7-9H2,(H,22,29)(H,30,31,32)/b23-15-/t10-,12-,14-,17-,18+,19-,21+/m0/s1. The highest BCUT2D eigenvalue weighted by Gasteiger charge is 2.44. The van der Waals surface area contributed by atoms with E-state index < -0.39 is 64.8 Å². The molecule has 1 saturated heterocycles. The predicted octanol–water partition coefficient (Wildman–Crippen LogP) is -0.734. The molecule has 0 saturated carbocycles. The molecule has 1 fully saturated rings. The van der Waals surface area contributed by atoms with Crippen molar-refractivity contribution >= 4 is 44.8 Å². The Morgan fingerprint density at radius 1 is 1.24 bits per heavy atom. The Bertz CT molecular complexity index is 1140. The molecule has 6 N–H and O–H groups in total. The fraction of sp³-hybridized carbons (Fsp3) is 0.476. The maximum absolute atomic E-state index is 12.6. The van der Waals surface area contributed by atoms with Crippen molar-refractivity contribution in [2.45, 2.75) is 54.7 Å². The van der Waals surface area contributed by atoms with Gasteiger partial charge in [-0.05, 0) is 11.6 Å². The molecule has 2 aliphatic rings. The minimum absolute atomic E-state index is 0.288. The number of carbonyl (C=O) groups is 2. The van der Waals surface area contributed by atoms with Crippen molar-refractivity contribution in [3.63, 3.8) is 0 Å². The lowest BCUT2D eigenvalue weighted by atomic mass is 9.97. The van der Waals surface area contributed by atoms with Crippen molar-refractivity contribution < 1.29 is 56.7 Å². The maximum atomic E-state index is 12.6. The molecule has 0 unspecified atom stereocenters. The third-order valence-electron chi connectivity index (χ3n) is 5.54. The predicted molar refractivity (Wildman–Crippen MR) is 129 cm³/mol. The van der Waals surface area contributed by atoms with Gasteiger partial charge in [0.05, 0.1) is 18.9 Å². The fourth-order valence-corrected chi connectivity index (χ4v) is 5.04. The summed E-state index contributed by atoms with van der Waals surface area (Å²) in [5.74, 6) is -1.95. The van der Waals surface area contributed by atoms with E-state index in [0.29, 0.717) is 23.0 Å². The Kier molecular flexibility index (Phi) is 9.65. The minimum Gasteiger partial charge on any atom is -0.458 e. The summed E-state index contributed by atoms with van der Waals surface area (Å²) >= 11 is 0.526. The second-order valence-corrected chi connectivity index (χ2v) is 10.3. The van der Waals surface area contributed by atoms with Gasteiger partial charge in [-0.3, -0.25) is 14.1 Å². The van der Waals surface area contributed by atoms with Crippen molar-refractivity contribution in [2.24, 2.45) is 5.16 Å². The minimum atomic E-state index is -5.04. The number of aliphatic hydroxyl groups excluding tert-OH is 4. The van der Waals surface area contributed by atoms with Crippen LogP contribution in [0.2, 0.25) is 0 Å². The average Bonchev–Trinajstić information content (AvgIpc) is 3.16. The van der Waals surface area contributed by atoms with Crippen molar-refractivity contribution in [3.05, 3.63) is 42.5 Å². The molecule has 0 aliphatic carbocycles. The van der Waals surface area contributed by atoms with E-state index in [1.807, 2.05) is 0 Å². The van der Waals surface area contributed by atoms with Gasteiger partial charge in [-0.25, -0.2) is 4.28 Å². The molecule has 2 aliphatic heterocycles. The van der Waals surface area contributed by atoms with E-state index in [1.165, 1.54) is 6.08 Å². The number of aliphatic hydroxyl groups is 4. The smallest absolute Gasteiger partial charge is 0.458 e. The third kappa shape index (κ3) is 7.48. The first-order valence-corrected chi connectivity index (χ1v) is 13.1. The number of carbonyl (C=O) groups excluding carboxylic acids is 2. The van der Waals surface area contributed by atoms with Gasteiger partial charge in [-0.1, -0.05) is 47.8 Å². The molecule has 1 amide bonds. The molecular formula is C21H26N2O12S2. The molecule has 1 aromatic carbocycles. The highest BCUT2D eigenvalue weighted by Crippen LogP contribution is 2.35. The lowest BCUT2D eigenvalue weighted by Gasteiger charge is -2.39. The van der Waals surface area contributed by atoms with Gasteiger partial charge >= 0.3 is 16.4 Å². The largest absolute Gasteiger partial charge is 0.466 e. The molecule has 37 heavy (non-hydrogen) atoms. The molecule has 0 aromatic heterocycles. The van der Waals surface area contributed by atoms with E-state index in [0.717, 1.165) is 0 Å². The van der Waals surface area contributed by atoms with Crippen LogP contribution in [0.5, 0.6) is 0 Å². The summed E-state index contributed by atoms with van der Waals surface area (Å²) in [7, 11) is -5.04. The van der Waals surface area contributed by atoms with Crippen LogP contribution in [0.25, 0.3) is 0 Å². The number of ether oxygens (including phenoxy) is 2. The number of oxime groups is 1. The van der Waals surface area contributed by atoms with Gasteiger partial charge in [0.25, 0.3) is 0 Å². The molecule has 14 nitrogen and oxygen atoms in total. The number of thioether (sulfide) groups is 1. The molecule has 0 bridgehead atoms. The van der Waals surface area contributed by atoms with Crippen LogP contribution in [-0.4, -0.2) is 92.9 Å². The number of hydrogen-bond acceptors (Lipinski definition) is 13. The second-order valence-electron chi connectivity index (χ2n) is 8.10. The number of hydrogen-bond donors (Lipinski definition) is 6. The Morgan fingerprint density at radius 3 is 2.59 bits per heavy atom. The van der Waals surface area contributed by atoms with Crippen LogP contribution in [0.15, 0.2) is 42.1 Å². The van der Waals surface area contributed by atoms with Gasteiger partial charge in [0.1, 0.15) is 41.0 Å². The molecule has 16 heteroatoms. The van der Waals surface area contributed by atoms with Gasteiger partial charge in [-0.2, -0.15) is 8.42 Å². The fourth-order valence-electron chi connectivity index (χ4n) is 3.70. The molecule has 0 spiro atoms. The first kappa shape index (κ1) is 29.0. The molecule has 1 aromatic rings. The quantitative estimate of drug-likeness (QED) is 0.0517. The summed E-state index contributed by atoms with van der Waals surface area (Å²) in [6, 6.07) is 6.85. The number of benzene rings is 1. The number of esters is 1. The van der Waals surface area contributed by atoms with Crippen LogP contribution in [0.3, 0.4) is 0 Å². The van der Waals surface area contributed by atoms with Crippen LogP contribution in [0.1, 0.15) is 24.3 Å². The highest BCUT2D eigenvalue weighted by atomic mass is 32.3. The Hall–Kier alpha value is -2.57. The third-order valence-corrected chi connectivity index (χ3v) is 6.94. The van der Waals surface area contributed by atoms with Gasteiger partial charge in [-0.15, -0.1) is 0 Å². The number of nitrogens with zero attached hydrogens (tertiary/aromatic N) is 1. The first-order valence-electron chi connectivity index (χ1n) is 10.9. The van der Waals surface area contributed by atoms with E-state index in [9.17, 15) is 38.4 Å². The highest BCUT2D eigenvalue weighted by molar-refractivity contribution is 8.14. The molecule has 0 radical (unpaired) electrons. The van der Waals surface area contributed by atoms with E-state index >= 15 is 0 Å². The summed E-state index contributed by atoms with van der Waals surface area (Å²) in [6.07, 6.45) is -6.94. The first-order chi connectivity index (χ1) is 17.4. The van der Waals surface area contributed by atoms with Crippen LogP contribution >= 0.6 is 11.8 Å². The van der Waals surface area contributed by atoms with Gasteiger partial charge in [0.2, 0.25) is 5.91 Å². The van der Waals surface area contributed by atoms with E-state index in [1.54, 1.807) is 24.3 Å². The van der Waals surface area contributed by atoms with Gasteiger partial charge < -0.3 is 35.2 Å². The van der Waals surface area contributed by atoms with Crippen molar-refractivity contribution in [1.29, 1.82) is 0 Å². The zero-order valence-electron chi connectivity index (χ0n) is 19.1. The van der Waals surface area contributed by atoms with E-state index in [2.05, 4.69) is 21.3 Å². The molecule has 7 atom stereocenters. The van der Waals surface area contributed by atoms with Crippen LogP contribution in [0.4, 0.5) is 5.69 Å². The number of fused-ring (bicyclic) bond motifs is 1. The summed E-state index contributed by atoms with van der Waals surface area (Å²) in [5, 5.41) is 45.2. The van der Waals surface area contributed by atoms with Gasteiger partial charge in [0.15, 0.2) is 0 Å². The monoisotopic (exact) mass is 562 g/mol. The molecule has 2 heterocycles. The maximum Gasteiger partial charge on any atom is 0.466 e. The molecular weight excluding hydrogens is 536 g/mol. The lowest BCUT2D eigenvalue weighted by molar-refractivity contribution is -0.205. The van der Waals surface area contributed by atoms with Crippen molar-refractivity contribution in [1.82, 2.24) is 0 Å². The Morgan fingerprint density at radius 2 is 1.95 bits per heavy atom. The van der Waals surface area contributed by atoms with Crippen LogP contribution in [0, 0.1) is 0 Å². The number of amides is 1. The van der Waals surface area contributed by atoms with Gasteiger partial charge in [0, 0.05) is 12.1 Å². The summed E-state index contributed by atoms with van der Waals surface area (Å²) in [4.78, 5) is 24.9. The van der Waals surface area contributed by atoms with Crippen LogP contribution < -0.4 is 5.32 Å². The topological polar surface area (TPSA) is 222 Å². The summed E-state index contributed by atoms with van der Waals surface area (Å²) < 4.78 is 45.7. The Balaban J connectivity index is 1.71. The summed E-state index contributed by atoms with van der Waals surface area (Å²) in [6.45, 7) is 2.84. The zero-order valence-corrected chi connectivity index (χ0v) is 20.7. The molecule has 204 valence electrons. The lowest BCUT2D eigenvalue weighted by Crippen LogP contribution is -2.57. The molecule has 3 rings (SSSR count). The van der Waals surface area contributed by atoms with Crippen molar-refractivity contribution in [3.8, 4) is 0 Å². The SMILES string of the molecule is C=C[C@@H](C/C(=N/OS(=O)(=O)O)S[C@H]1O[C@@H](CO)[C@H](O)[C@@H](O)[C@@H]1O)OC(=O)C[C@@H]1C(=O)Nc2ccccc21. The van der Waals surface area contributed by atoms with Crippen LogP contribution in [-0.2, 0) is 33.7 Å². The number of para-hydroxylation sites is 1. The second kappa shape index (κ2) is 12.3. The normalized spacial score (nSPS) is 28.7. The average molecular weight is 563 g/mol. The number of anilines is 1. The summed E-state index contributed by atoms with van der Waals surface area (Å²) in [5.41, 5.74) is -0.168. The number of rotatable bonds is 10. The Labute approximate surface area is 215 Å². The zero-order chi connectivity index (χ0) is 27.3. The van der Waals surface area contributed by atoms with E-state index in [4.69, 9.17) is 14.0 Å². The number of nitrogens with one attached hydrogen (secondary N) is 1. The van der Waals surface area contributed by atoms with E-state index in [-0.39, 0.29) is 23.8 Å². The van der Waals surface area contributed by atoms with Crippen molar-refractivity contribution in [2.75, 3.05) is 11.9 Å².